The van der Waals surface area contributed by atoms with Gasteiger partial charge in [0.25, 0.3) is 0 Å². The normalized spacial score (nSPS) is 11.8. The highest BCUT2D eigenvalue weighted by molar-refractivity contribution is 6.08. The Morgan fingerprint density at radius 2 is 1.00 bits per heavy atom. The topological polar surface area (TPSA) is 86.2 Å². The summed E-state index contributed by atoms with van der Waals surface area (Å²) >= 11 is 0. The van der Waals surface area contributed by atoms with Crippen molar-refractivity contribution in [2.24, 2.45) is 0 Å². The molecule has 0 atom stereocenters. The Morgan fingerprint density at radius 3 is 1.64 bits per heavy atom. The first kappa shape index (κ1) is 24.5. The molecule has 0 amide bonds. The molecule has 0 spiro atoms. The predicted octanol–water partition coefficient (Wildman–Crippen LogP) is 8.64. The van der Waals surface area contributed by atoms with Crippen LogP contribution in [0.1, 0.15) is 0 Å². The maximum absolute atomic E-state index is 14.1. The van der Waals surface area contributed by atoms with Crippen LogP contribution in [0.25, 0.3) is 87.9 Å². The van der Waals surface area contributed by atoms with Crippen LogP contribution in [0.5, 0.6) is 0 Å². The van der Waals surface area contributed by atoms with Crippen LogP contribution in [-0.4, -0.2) is 9.97 Å². The van der Waals surface area contributed by atoms with E-state index in [4.69, 9.17) is 8.83 Å². The summed E-state index contributed by atoms with van der Waals surface area (Å²) in [5, 5.41) is 5.45. The van der Waals surface area contributed by atoms with E-state index >= 15 is 0 Å². The summed E-state index contributed by atoms with van der Waals surface area (Å²) in [7, 11) is 0. The highest BCUT2D eigenvalue weighted by Gasteiger charge is 2.18. The number of fused-ring (bicyclic) bond motifs is 7. The third-order valence-corrected chi connectivity index (χ3v) is 8.37. The molecule has 0 unspecified atom stereocenters. The molecule has 0 aliphatic carbocycles. The van der Waals surface area contributed by atoms with E-state index in [0.29, 0.717) is 32.9 Å². The average molecular weight is 569 g/mol. The first-order valence-electron chi connectivity index (χ1n) is 14.2. The monoisotopic (exact) mass is 568 g/mol. The van der Waals surface area contributed by atoms with Crippen molar-refractivity contribution in [2.45, 2.75) is 0 Å². The molecule has 0 fully saturated rings. The molecule has 6 nitrogen and oxygen atoms in total. The molecule has 0 aliphatic heterocycles. The SMILES string of the molecule is O=c1c2cc(-c3nccc4ccccc34)ccc2oc2c1ccc1oc3ccc(-c4nccc5ccccc45)cc3c(=O)c12. The molecule has 6 heteroatoms. The minimum absolute atomic E-state index is 0.209. The summed E-state index contributed by atoms with van der Waals surface area (Å²) in [6, 6.07) is 34.2. The summed E-state index contributed by atoms with van der Waals surface area (Å²) in [5.41, 5.74) is 4.05. The van der Waals surface area contributed by atoms with E-state index < -0.39 is 0 Å². The number of hydrogen-bond donors (Lipinski definition) is 0. The predicted molar refractivity (Wildman–Crippen MR) is 175 cm³/mol. The molecule has 4 aromatic heterocycles. The molecule has 5 aromatic carbocycles. The van der Waals surface area contributed by atoms with E-state index in [1.807, 2.05) is 78.9 Å². The van der Waals surface area contributed by atoms with Gasteiger partial charge < -0.3 is 8.83 Å². The molecule has 0 saturated carbocycles. The standard InChI is InChI=1S/C38H20N2O4/c41-36-27-11-14-32-33(37(42)29-20-24(9-12-30(29)43-32)35-26-8-4-2-6-22(26)16-18-40-35)38(27)44-31-13-10-23(19-28(31)36)34-25-7-3-1-5-21(25)15-17-39-34/h1-20H. The van der Waals surface area contributed by atoms with Crippen LogP contribution < -0.4 is 10.9 Å². The van der Waals surface area contributed by atoms with Crippen molar-refractivity contribution < 1.29 is 8.83 Å². The minimum atomic E-state index is -0.270. The number of pyridine rings is 2. The van der Waals surface area contributed by atoms with Crippen LogP contribution in [-0.2, 0) is 0 Å². The third kappa shape index (κ3) is 3.55. The van der Waals surface area contributed by atoms with Crippen molar-refractivity contribution in [3.8, 4) is 22.5 Å². The Bertz CT molecular complexity index is 2770. The highest BCUT2D eigenvalue weighted by atomic mass is 16.3. The molecule has 206 valence electrons. The van der Waals surface area contributed by atoms with Gasteiger partial charge in [-0.05, 0) is 71.4 Å². The van der Waals surface area contributed by atoms with E-state index in [1.165, 1.54) is 0 Å². The van der Waals surface area contributed by atoms with Crippen molar-refractivity contribution >= 4 is 65.4 Å². The van der Waals surface area contributed by atoms with Gasteiger partial charge in [-0.25, -0.2) is 0 Å². The Balaban J connectivity index is 1.28. The summed E-state index contributed by atoms with van der Waals surface area (Å²) in [6.07, 6.45) is 3.53. The fourth-order valence-corrected chi connectivity index (χ4v) is 6.24. The lowest BCUT2D eigenvalue weighted by molar-refractivity contribution is 0.649. The van der Waals surface area contributed by atoms with Gasteiger partial charge in [0.1, 0.15) is 22.1 Å². The lowest BCUT2D eigenvalue weighted by Crippen LogP contribution is -2.07. The number of aromatic nitrogens is 2. The van der Waals surface area contributed by atoms with Crippen molar-refractivity contribution in [1.82, 2.24) is 9.97 Å². The summed E-state index contributed by atoms with van der Waals surface area (Å²) < 4.78 is 12.5. The van der Waals surface area contributed by atoms with Crippen molar-refractivity contribution in [3.63, 3.8) is 0 Å². The molecule has 0 saturated heterocycles. The van der Waals surface area contributed by atoms with Gasteiger partial charge in [-0.3, -0.25) is 19.6 Å². The first-order chi connectivity index (χ1) is 21.6. The van der Waals surface area contributed by atoms with E-state index in [1.54, 1.807) is 42.7 Å². The summed E-state index contributed by atoms with van der Waals surface area (Å²) in [6.45, 7) is 0. The van der Waals surface area contributed by atoms with Gasteiger partial charge in [0, 0.05) is 34.3 Å². The van der Waals surface area contributed by atoms with Gasteiger partial charge in [0.05, 0.1) is 27.5 Å². The maximum Gasteiger partial charge on any atom is 0.204 e. The molecule has 0 aliphatic rings. The Hall–Kier alpha value is -6.14. The molecule has 0 bridgehead atoms. The van der Waals surface area contributed by atoms with E-state index in [2.05, 4.69) is 9.97 Å². The Labute approximate surface area is 248 Å². The molecule has 44 heavy (non-hydrogen) atoms. The molecule has 9 aromatic rings. The average Bonchev–Trinajstić information content (AvgIpc) is 3.07. The lowest BCUT2D eigenvalue weighted by Gasteiger charge is -2.09. The van der Waals surface area contributed by atoms with Crippen molar-refractivity contribution in [2.75, 3.05) is 0 Å². The number of benzene rings is 5. The van der Waals surface area contributed by atoms with E-state index in [9.17, 15) is 9.59 Å². The second kappa shape index (κ2) is 9.18. The molecule has 4 heterocycles. The van der Waals surface area contributed by atoms with Gasteiger partial charge in [-0.2, -0.15) is 0 Å². The second-order valence-corrected chi connectivity index (χ2v) is 10.9. The number of hydrogen-bond acceptors (Lipinski definition) is 6. The molecule has 0 N–H and O–H groups in total. The molecular formula is C38H20N2O4. The van der Waals surface area contributed by atoms with Crippen LogP contribution in [0.2, 0.25) is 0 Å². The second-order valence-electron chi connectivity index (χ2n) is 10.9. The van der Waals surface area contributed by atoms with Crippen LogP contribution in [0.4, 0.5) is 0 Å². The van der Waals surface area contributed by atoms with Gasteiger partial charge in [-0.1, -0.05) is 48.5 Å². The molecular weight excluding hydrogens is 548 g/mol. The highest BCUT2D eigenvalue weighted by Crippen LogP contribution is 2.33. The van der Waals surface area contributed by atoms with Gasteiger partial charge in [0.2, 0.25) is 10.9 Å². The van der Waals surface area contributed by atoms with Crippen molar-refractivity contribution in [3.05, 3.63) is 142 Å². The smallest absolute Gasteiger partial charge is 0.204 e. The fraction of sp³-hybridized carbons (Fsp3) is 0. The molecule has 9 rings (SSSR count). The molecule has 0 radical (unpaired) electrons. The first-order valence-corrected chi connectivity index (χ1v) is 14.2. The van der Waals surface area contributed by atoms with Gasteiger partial charge >= 0.3 is 0 Å². The zero-order valence-electron chi connectivity index (χ0n) is 23.1. The van der Waals surface area contributed by atoms with Crippen LogP contribution in [0, 0.1) is 0 Å². The quantitative estimate of drug-likeness (QED) is 0.153. The fourth-order valence-electron chi connectivity index (χ4n) is 6.24. The Morgan fingerprint density at radius 1 is 0.455 bits per heavy atom. The summed E-state index contributed by atoms with van der Waals surface area (Å²) in [5.74, 6) is 0. The van der Waals surface area contributed by atoms with E-state index in [-0.39, 0.29) is 21.8 Å². The zero-order chi connectivity index (χ0) is 29.4. The van der Waals surface area contributed by atoms with Gasteiger partial charge in [-0.15, -0.1) is 0 Å². The van der Waals surface area contributed by atoms with Crippen LogP contribution in [0.3, 0.4) is 0 Å². The number of rotatable bonds is 2. The van der Waals surface area contributed by atoms with Gasteiger partial charge in [0.15, 0.2) is 5.58 Å². The lowest BCUT2D eigenvalue weighted by atomic mass is 10.0. The van der Waals surface area contributed by atoms with Crippen LogP contribution in [0.15, 0.2) is 140 Å². The zero-order valence-corrected chi connectivity index (χ0v) is 23.1. The third-order valence-electron chi connectivity index (χ3n) is 8.37. The Kier molecular flexibility index (Phi) is 5.10. The van der Waals surface area contributed by atoms with E-state index in [0.717, 1.165) is 44.1 Å². The largest absolute Gasteiger partial charge is 0.456 e. The van der Waals surface area contributed by atoms with Crippen LogP contribution >= 0.6 is 0 Å². The number of nitrogens with zero attached hydrogens (tertiary/aromatic N) is 2. The summed E-state index contributed by atoms with van der Waals surface area (Å²) in [4.78, 5) is 37.2. The minimum Gasteiger partial charge on any atom is -0.456 e. The maximum atomic E-state index is 14.1. The van der Waals surface area contributed by atoms with Crippen molar-refractivity contribution in [1.29, 1.82) is 0 Å².